The van der Waals surface area contributed by atoms with E-state index in [-0.39, 0.29) is 22.6 Å². The summed E-state index contributed by atoms with van der Waals surface area (Å²) in [4.78, 5) is 23.1. The van der Waals surface area contributed by atoms with Crippen LogP contribution < -0.4 is 5.32 Å². The Morgan fingerprint density at radius 1 is 1.40 bits per heavy atom. The minimum Gasteiger partial charge on any atom is -0.478 e. The Balaban J connectivity index is 1.93. The largest absolute Gasteiger partial charge is 0.478 e. The zero-order valence-corrected chi connectivity index (χ0v) is 12.3. The number of benzene rings is 1. The smallest absolute Gasteiger partial charge is 0.335 e. The van der Waals surface area contributed by atoms with Crippen LogP contribution in [0.3, 0.4) is 0 Å². The Bertz CT molecular complexity index is 510. The highest BCUT2D eigenvalue weighted by atomic mass is 32.2. The zero-order valence-electron chi connectivity index (χ0n) is 11.5. The second-order valence-corrected chi connectivity index (χ2v) is 7.00. The SMILES string of the molecule is CC1(CNC(=O)Cc2ccccc2C(=O)O)CCCS1. The molecular weight excluding hydrogens is 274 g/mol. The molecule has 1 unspecified atom stereocenters. The van der Waals surface area contributed by atoms with Gasteiger partial charge in [0.05, 0.1) is 12.0 Å². The Labute approximate surface area is 123 Å². The van der Waals surface area contributed by atoms with Crippen LogP contribution in [-0.4, -0.2) is 34.0 Å². The van der Waals surface area contributed by atoms with Crippen molar-refractivity contribution >= 4 is 23.6 Å². The molecule has 0 saturated carbocycles. The highest BCUT2D eigenvalue weighted by molar-refractivity contribution is 8.00. The van der Waals surface area contributed by atoms with E-state index in [0.717, 1.165) is 12.2 Å². The third-order valence-electron chi connectivity index (χ3n) is 3.56. The standard InChI is InChI=1S/C15H19NO3S/c1-15(7-4-8-20-15)10-16-13(17)9-11-5-2-3-6-12(11)14(18)19/h2-3,5-6H,4,7-10H2,1H3,(H,16,17)(H,18,19). The Morgan fingerprint density at radius 2 is 2.15 bits per heavy atom. The number of rotatable bonds is 5. The Morgan fingerprint density at radius 3 is 2.80 bits per heavy atom. The van der Waals surface area contributed by atoms with Gasteiger partial charge in [0, 0.05) is 11.3 Å². The molecule has 1 aromatic carbocycles. The van der Waals surface area contributed by atoms with Crippen LogP contribution in [0.15, 0.2) is 24.3 Å². The lowest BCUT2D eigenvalue weighted by molar-refractivity contribution is -0.120. The molecule has 108 valence electrons. The summed E-state index contributed by atoms with van der Waals surface area (Å²) in [6.45, 7) is 2.81. The molecule has 5 heteroatoms. The number of nitrogens with one attached hydrogen (secondary N) is 1. The third kappa shape index (κ3) is 3.76. The summed E-state index contributed by atoms with van der Waals surface area (Å²) in [5, 5.41) is 12.0. The maximum absolute atomic E-state index is 12.0. The highest BCUT2D eigenvalue weighted by Crippen LogP contribution is 2.36. The van der Waals surface area contributed by atoms with Crippen molar-refractivity contribution in [2.45, 2.75) is 30.9 Å². The quantitative estimate of drug-likeness (QED) is 0.874. The monoisotopic (exact) mass is 293 g/mol. The number of amides is 1. The van der Waals surface area contributed by atoms with Crippen LogP contribution in [-0.2, 0) is 11.2 Å². The van der Waals surface area contributed by atoms with Gasteiger partial charge in [0.1, 0.15) is 0 Å². The molecule has 1 amide bonds. The second-order valence-electron chi connectivity index (χ2n) is 5.32. The molecule has 1 fully saturated rings. The first-order valence-electron chi connectivity index (χ1n) is 6.72. The van der Waals surface area contributed by atoms with Crippen molar-refractivity contribution in [3.8, 4) is 0 Å². The van der Waals surface area contributed by atoms with E-state index in [4.69, 9.17) is 5.11 Å². The zero-order chi connectivity index (χ0) is 14.6. The molecule has 1 aromatic rings. The fraction of sp³-hybridized carbons (Fsp3) is 0.467. The average Bonchev–Trinajstić information content (AvgIpc) is 2.84. The molecule has 2 rings (SSSR count). The molecule has 0 spiro atoms. The summed E-state index contributed by atoms with van der Waals surface area (Å²) < 4.78 is 0.127. The van der Waals surface area contributed by atoms with E-state index >= 15 is 0 Å². The first-order chi connectivity index (χ1) is 9.50. The number of aromatic carboxylic acids is 1. The van der Waals surface area contributed by atoms with E-state index in [1.807, 2.05) is 11.8 Å². The molecule has 1 saturated heterocycles. The molecular formula is C15H19NO3S. The summed E-state index contributed by atoms with van der Waals surface area (Å²) in [7, 11) is 0. The number of carboxylic acids is 1. The van der Waals surface area contributed by atoms with E-state index in [1.165, 1.54) is 12.5 Å². The lowest BCUT2D eigenvalue weighted by Gasteiger charge is -2.22. The van der Waals surface area contributed by atoms with E-state index in [2.05, 4.69) is 12.2 Å². The maximum Gasteiger partial charge on any atom is 0.335 e. The van der Waals surface area contributed by atoms with Crippen molar-refractivity contribution < 1.29 is 14.7 Å². The summed E-state index contributed by atoms with van der Waals surface area (Å²) in [6, 6.07) is 6.64. The van der Waals surface area contributed by atoms with Gasteiger partial charge in [-0.2, -0.15) is 11.8 Å². The molecule has 4 nitrogen and oxygen atoms in total. The van der Waals surface area contributed by atoms with Crippen LogP contribution in [0.4, 0.5) is 0 Å². The first-order valence-corrected chi connectivity index (χ1v) is 7.71. The van der Waals surface area contributed by atoms with Crippen LogP contribution in [0.2, 0.25) is 0 Å². The molecule has 1 aliphatic heterocycles. The van der Waals surface area contributed by atoms with Gasteiger partial charge >= 0.3 is 5.97 Å². The van der Waals surface area contributed by atoms with Crippen molar-refractivity contribution in [1.82, 2.24) is 5.32 Å². The number of carboxylic acid groups (broad SMARTS) is 1. The molecule has 1 atom stereocenters. The van der Waals surface area contributed by atoms with E-state index in [1.54, 1.807) is 18.2 Å². The molecule has 20 heavy (non-hydrogen) atoms. The van der Waals surface area contributed by atoms with Crippen LogP contribution in [0.25, 0.3) is 0 Å². The van der Waals surface area contributed by atoms with Crippen molar-refractivity contribution in [3.63, 3.8) is 0 Å². The van der Waals surface area contributed by atoms with E-state index in [0.29, 0.717) is 12.1 Å². The molecule has 0 aromatic heterocycles. The summed E-state index contributed by atoms with van der Waals surface area (Å²) in [5.41, 5.74) is 0.755. The van der Waals surface area contributed by atoms with Crippen LogP contribution in [0.5, 0.6) is 0 Å². The number of thioether (sulfide) groups is 1. The fourth-order valence-corrected chi connectivity index (χ4v) is 3.62. The molecule has 2 N–H and O–H groups in total. The van der Waals surface area contributed by atoms with Gasteiger partial charge in [0.15, 0.2) is 0 Å². The fourth-order valence-electron chi connectivity index (χ4n) is 2.38. The lowest BCUT2D eigenvalue weighted by Crippen LogP contribution is -2.37. The molecule has 0 aliphatic carbocycles. The third-order valence-corrected chi connectivity index (χ3v) is 5.10. The summed E-state index contributed by atoms with van der Waals surface area (Å²) in [6.07, 6.45) is 2.42. The lowest BCUT2D eigenvalue weighted by atomic mass is 10.0. The Hall–Kier alpha value is -1.49. The normalized spacial score (nSPS) is 21.6. The van der Waals surface area contributed by atoms with Crippen molar-refractivity contribution in [1.29, 1.82) is 0 Å². The van der Waals surface area contributed by atoms with Gasteiger partial charge in [-0.25, -0.2) is 4.79 Å². The van der Waals surface area contributed by atoms with Crippen molar-refractivity contribution in [2.24, 2.45) is 0 Å². The van der Waals surface area contributed by atoms with E-state index in [9.17, 15) is 9.59 Å². The predicted octanol–water partition coefficient (Wildman–Crippen LogP) is 2.33. The minimum absolute atomic E-state index is 0.114. The number of hydrogen-bond donors (Lipinski definition) is 2. The van der Waals surface area contributed by atoms with Gasteiger partial charge in [-0.05, 0) is 37.1 Å². The average molecular weight is 293 g/mol. The van der Waals surface area contributed by atoms with Gasteiger partial charge in [0.2, 0.25) is 5.91 Å². The number of carbonyl (C=O) groups excluding carboxylic acids is 1. The van der Waals surface area contributed by atoms with Gasteiger partial charge in [-0.3, -0.25) is 4.79 Å². The van der Waals surface area contributed by atoms with Crippen LogP contribution in [0.1, 0.15) is 35.7 Å². The molecule has 1 heterocycles. The van der Waals surface area contributed by atoms with Gasteiger partial charge in [-0.1, -0.05) is 18.2 Å². The number of carbonyl (C=O) groups is 2. The topological polar surface area (TPSA) is 66.4 Å². The molecule has 0 bridgehead atoms. The highest BCUT2D eigenvalue weighted by Gasteiger charge is 2.29. The number of hydrogen-bond acceptors (Lipinski definition) is 3. The van der Waals surface area contributed by atoms with Gasteiger partial charge in [0.25, 0.3) is 0 Å². The predicted molar refractivity (Wildman–Crippen MR) is 80.2 cm³/mol. The second kappa shape index (κ2) is 6.31. The van der Waals surface area contributed by atoms with Crippen molar-refractivity contribution in [3.05, 3.63) is 35.4 Å². The summed E-state index contributed by atoms with van der Waals surface area (Å²) >= 11 is 1.89. The van der Waals surface area contributed by atoms with Crippen molar-refractivity contribution in [2.75, 3.05) is 12.3 Å². The maximum atomic E-state index is 12.0. The minimum atomic E-state index is -0.994. The van der Waals surface area contributed by atoms with E-state index < -0.39 is 5.97 Å². The Kier molecular flexibility index (Phi) is 4.70. The van der Waals surface area contributed by atoms with Gasteiger partial charge < -0.3 is 10.4 Å². The van der Waals surface area contributed by atoms with Crippen LogP contribution >= 0.6 is 11.8 Å². The van der Waals surface area contributed by atoms with Gasteiger partial charge in [-0.15, -0.1) is 0 Å². The first kappa shape index (κ1) is 14.9. The molecule has 0 radical (unpaired) electrons. The van der Waals surface area contributed by atoms with Crippen LogP contribution in [0, 0.1) is 0 Å². The molecule has 1 aliphatic rings. The summed E-state index contributed by atoms with van der Waals surface area (Å²) in [5.74, 6) is 0.0351.